The van der Waals surface area contributed by atoms with Gasteiger partial charge in [0.05, 0.1) is 5.75 Å². The maximum absolute atomic E-state index is 11.0. The molecule has 0 radical (unpaired) electrons. The fourth-order valence-corrected chi connectivity index (χ4v) is 1.58. The number of hydrogen-bond acceptors (Lipinski definition) is 4. The lowest BCUT2D eigenvalue weighted by molar-refractivity contribution is -0.123. The molecule has 0 bridgehead atoms. The molecule has 1 heterocycles. The quantitative estimate of drug-likeness (QED) is 0.375. The summed E-state index contributed by atoms with van der Waals surface area (Å²) < 4.78 is 0. The van der Waals surface area contributed by atoms with Crippen molar-refractivity contribution in [3.8, 4) is 0 Å². The highest BCUT2D eigenvalue weighted by molar-refractivity contribution is 8.15. The van der Waals surface area contributed by atoms with E-state index in [1.165, 1.54) is 16.7 Å². The smallest absolute Gasteiger partial charge is 0.239 e. The van der Waals surface area contributed by atoms with Gasteiger partial charge in [0.25, 0.3) is 0 Å². The average Bonchev–Trinajstić information content (AvgIpc) is 2.34. The highest BCUT2D eigenvalue weighted by atomic mass is 32.2. The number of carbonyl (C=O) groups is 1. The van der Waals surface area contributed by atoms with E-state index in [-0.39, 0.29) is 5.91 Å². The molecule has 1 fully saturated rings. The number of rotatable bonds is 2. The molecule has 60 valence electrons. The Morgan fingerprint density at radius 2 is 2.64 bits per heavy atom. The minimum absolute atomic E-state index is 0.0392. The predicted molar refractivity (Wildman–Crippen MR) is 43.6 cm³/mol. The Hall–Kier alpha value is -0.970. The Bertz CT molecular complexity index is 215. The Kier molecular flexibility index (Phi) is 2.53. The molecule has 1 aliphatic heterocycles. The maximum atomic E-state index is 11.0. The minimum atomic E-state index is -0.0392. The van der Waals surface area contributed by atoms with Crippen LogP contribution in [0.2, 0.25) is 0 Å². The van der Waals surface area contributed by atoms with Crippen molar-refractivity contribution in [2.75, 3.05) is 12.3 Å². The van der Waals surface area contributed by atoms with Crippen molar-refractivity contribution < 1.29 is 10.0 Å². The predicted octanol–water partition coefficient (Wildman–Crippen LogP) is 0.493. The van der Waals surface area contributed by atoms with E-state index in [1.807, 2.05) is 0 Å². The van der Waals surface area contributed by atoms with Crippen LogP contribution in [0.3, 0.4) is 0 Å². The molecule has 11 heavy (non-hydrogen) atoms. The number of thioether (sulfide) groups is 1. The molecule has 0 aliphatic carbocycles. The maximum Gasteiger partial charge on any atom is 0.239 e. The first-order valence-corrected chi connectivity index (χ1v) is 4.04. The summed E-state index contributed by atoms with van der Waals surface area (Å²) in [6.07, 6.45) is 1.59. The molecule has 0 aromatic heterocycles. The van der Waals surface area contributed by atoms with Gasteiger partial charge < -0.3 is 5.21 Å². The van der Waals surface area contributed by atoms with E-state index in [2.05, 4.69) is 11.7 Å². The monoisotopic (exact) mass is 172 g/mol. The highest BCUT2D eigenvalue weighted by Gasteiger charge is 2.27. The van der Waals surface area contributed by atoms with E-state index in [9.17, 15) is 4.79 Å². The molecule has 0 spiro atoms. The van der Waals surface area contributed by atoms with E-state index >= 15 is 0 Å². The van der Waals surface area contributed by atoms with Gasteiger partial charge in [-0.25, -0.2) is 0 Å². The number of oxime groups is 1. The van der Waals surface area contributed by atoms with Gasteiger partial charge in [0.2, 0.25) is 11.1 Å². The van der Waals surface area contributed by atoms with Gasteiger partial charge in [0.15, 0.2) is 0 Å². The molecule has 1 N–H and O–H groups in total. The summed E-state index contributed by atoms with van der Waals surface area (Å²) in [4.78, 5) is 12.4. The van der Waals surface area contributed by atoms with E-state index in [0.717, 1.165) is 0 Å². The molecule has 1 rings (SSSR count). The second-order valence-corrected chi connectivity index (χ2v) is 2.91. The Balaban J connectivity index is 2.71. The normalized spacial score (nSPS) is 21.3. The lowest BCUT2D eigenvalue weighted by Crippen LogP contribution is -2.29. The van der Waals surface area contributed by atoms with Crippen LogP contribution >= 0.6 is 11.8 Å². The number of carbonyl (C=O) groups excluding carboxylic acids is 1. The third-order valence-electron chi connectivity index (χ3n) is 1.25. The van der Waals surface area contributed by atoms with Crippen molar-refractivity contribution >= 4 is 22.8 Å². The van der Waals surface area contributed by atoms with Gasteiger partial charge in [0, 0.05) is 6.54 Å². The molecule has 0 aromatic rings. The molecular weight excluding hydrogens is 164 g/mol. The fourth-order valence-electron chi connectivity index (χ4n) is 0.781. The summed E-state index contributed by atoms with van der Waals surface area (Å²) >= 11 is 1.23. The van der Waals surface area contributed by atoms with Gasteiger partial charge in [0.1, 0.15) is 0 Å². The number of nitrogens with zero attached hydrogens (tertiary/aromatic N) is 2. The Labute approximate surface area is 68.6 Å². The summed E-state index contributed by atoms with van der Waals surface area (Å²) in [5.74, 6) is 0.315. The highest BCUT2D eigenvalue weighted by Crippen LogP contribution is 2.18. The second kappa shape index (κ2) is 3.43. The first-order chi connectivity index (χ1) is 5.29. The first kappa shape index (κ1) is 8.13. The summed E-state index contributed by atoms with van der Waals surface area (Å²) in [5.41, 5.74) is 0. The van der Waals surface area contributed by atoms with Crippen LogP contribution < -0.4 is 0 Å². The molecule has 0 atom stereocenters. The van der Waals surface area contributed by atoms with E-state index in [0.29, 0.717) is 17.5 Å². The van der Waals surface area contributed by atoms with Crippen molar-refractivity contribution in [3.05, 3.63) is 12.7 Å². The standard InChI is InChI=1S/C6H8N2O2S/c1-2-3-8-5(9)4-11-6(8)7-10/h2,10H,1,3-4H2/b7-6+. The van der Waals surface area contributed by atoms with E-state index in [4.69, 9.17) is 5.21 Å². The van der Waals surface area contributed by atoms with Crippen molar-refractivity contribution in [1.82, 2.24) is 4.90 Å². The Morgan fingerprint density at radius 3 is 3.18 bits per heavy atom. The van der Waals surface area contributed by atoms with Crippen LogP contribution in [-0.2, 0) is 4.79 Å². The van der Waals surface area contributed by atoms with Crippen molar-refractivity contribution in [3.63, 3.8) is 0 Å². The third-order valence-corrected chi connectivity index (χ3v) is 2.21. The van der Waals surface area contributed by atoms with E-state index in [1.54, 1.807) is 6.08 Å². The average molecular weight is 172 g/mol. The number of amidine groups is 1. The van der Waals surface area contributed by atoms with Gasteiger partial charge in [-0.15, -0.1) is 6.58 Å². The second-order valence-electron chi connectivity index (χ2n) is 1.96. The van der Waals surface area contributed by atoms with Gasteiger partial charge in [-0.05, 0) is 0 Å². The summed E-state index contributed by atoms with van der Waals surface area (Å²) in [7, 11) is 0. The molecule has 0 aromatic carbocycles. The number of amides is 1. The van der Waals surface area contributed by atoms with E-state index < -0.39 is 0 Å². The zero-order valence-electron chi connectivity index (χ0n) is 5.86. The summed E-state index contributed by atoms with van der Waals surface area (Å²) in [6, 6.07) is 0. The van der Waals surface area contributed by atoms with Gasteiger partial charge >= 0.3 is 0 Å². The van der Waals surface area contributed by atoms with Crippen molar-refractivity contribution in [2.24, 2.45) is 5.16 Å². The van der Waals surface area contributed by atoms with Crippen LogP contribution in [0.15, 0.2) is 17.8 Å². The van der Waals surface area contributed by atoms with Crippen LogP contribution in [0.25, 0.3) is 0 Å². The molecule has 4 nitrogen and oxygen atoms in total. The zero-order valence-corrected chi connectivity index (χ0v) is 6.67. The third kappa shape index (κ3) is 1.54. The molecule has 0 saturated carbocycles. The lowest BCUT2D eigenvalue weighted by Gasteiger charge is -2.10. The molecule has 0 unspecified atom stereocenters. The molecule has 5 heteroatoms. The fraction of sp³-hybridized carbons (Fsp3) is 0.333. The van der Waals surface area contributed by atoms with Crippen molar-refractivity contribution in [2.45, 2.75) is 0 Å². The largest absolute Gasteiger partial charge is 0.409 e. The molecule has 1 saturated heterocycles. The van der Waals surface area contributed by atoms with Crippen LogP contribution in [0.5, 0.6) is 0 Å². The van der Waals surface area contributed by atoms with Gasteiger partial charge in [-0.3, -0.25) is 9.69 Å². The van der Waals surface area contributed by atoms with Crippen LogP contribution in [0.4, 0.5) is 0 Å². The van der Waals surface area contributed by atoms with Gasteiger partial charge in [-0.2, -0.15) is 0 Å². The van der Waals surface area contributed by atoms with Crippen LogP contribution in [0, 0.1) is 0 Å². The summed E-state index contributed by atoms with van der Waals surface area (Å²) in [5, 5.41) is 11.8. The zero-order chi connectivity index (χ0) is 8.27. The number of hydrogen-bond donors (Lipinski definition) is 1. The first-order valence-electron chi connectivity index (χ1n) is 3.05. The lowest BCUT2D eigenvalue weighted by atomic mass is 10.5. The summed E-state index contributed by atoms with van der Waals surface area (Å²) in [6.45, 7) is 3.90. The van der Waals surface area contributed by atoms with Crippen molar-refractivity contribution in [1.29, 1.82) is 0 Å². The molecule has 1 aliphatic rings. The Morgan fingerprint density at radius 1 is 1.91 bits per heavy atom. The van der Waals surface area contributed by atoms with Crippen LogP contribution in [0.1, 0.15) is 0 Å². The van der Waals surface area contributed by atoms with Gasteiger partial charge in [-0.1, -0.05) is 23.0 Å². The molecular formula is C6H8N2O2S. The molecule has 1 amide bonds. The topological polar surface area (TPSA) is 52.9 Å². The van der Waals surface area contributed by atoms with Crippen LogP contribution in [-0.4, -0.2) is 33.5 Å². The minimum Gasteiger partial charge on any atom is -0.409 e. The SMILES string of the molecule is C=CCN1C(=O)CS/C1=N/O.